The van der Waals surface area contributed by atoms with Gasteiger partial charge in [-0.25, -0.2) is 4.98 Å². The quantitative estimate of drug-likeness (QED) is 0.811. The predicted molar refractivity (Wildman–Crippen MR) is 87.6 cm³/mol. The third-order valence-corrected chi connectivity index (χ3v) is 3.97. The molecule has 1 aliphatic rings. The van der Waals surface area contributed by atoms with Gasteiger partial charge in [-0.2, -0.15) is 0 Å². The molecular formula is C16H20ClN3O3. The molecule has 0 spiro atoms. The number of benzene rings is 1. The van der Waals surface area contributed by atoms with E-state index in [9.17, 15) is 4.79 Å². The minimum Gasteiger partial charge on any atom is -0.376 e. The molecule has 0 unspecified atom stereocenters. The van der Waals surface area contributed by atoms with Crippen LogP contribution in [0.2, 0.25) is 5.02 Å². The molecule has 7 heteroatoms. The lowest BCUT2D eigenvalue weighted by Gasteiger charge is -2.10. The van der Waals surface area contributed by atoms with Crippen molar-refractivity contribution >= 4 is 28.5 Å². The van der Waals surface area contributed by atoms with Gasteiger partial charge in [-0.15, -0.1) is 0 Å². The van der Waals surface area contributed by atoms with Crippen molar-refractivity contribution in [3.8, 4) is 0 Å². The van der Waals surface area contributed by atoms with Crippen LogP contribution in [0.1, 0.15) is 18.7 Å². The van der Waals surface area contributed by atoms with Crippen LogP contribution in [0.3, 0.4) is 0 Å². The molecule has 1 saturated heterocycles. The van der Waals surface area contributed by atoms with Gasteiger partial charge in [-0.05, 0) is 31.0 Å². The zero-order valence-electron chi connectivity index (χ0n) is 12.8. The summed E-state index contributed by atoms with van der Waals surface area (Å²) in [5.74, 6) is 0.699. The third-order valence-electron chi connectivity index (χ3n) is 3.74. The minimum atomic E-state index is -0.123. The van der Waals surface area contributed by atoms with Crippen molar-refractivity contribution in [3.63, 3.8) is 0 Å². The molecule has 1 amide bonds. The van der Waals surface area contributed by atoms with Gasteiger partial charge in [0, 0.05) is 24.6 Å². The molecule has 2 aromatic rings. The zero-order chi connectivity index (χ0) is 16.1. The van der Waals surface area contributed by atoms with Crippen molar-refractivity contribution in [1.82, 2.24) is 15.3 Å². The monoisotopic (exact) mass is 337 g/mol. The van der Waals surface area contributed by atoms with Crippen molar-refractivity contribution in [2.24, 2.45) is 0 Å². The van der Waals surface area contributed by atoms with Gasteiger partial charge in [0.05, 0.1) is 23.7 Å². The summed E-state index contributed by atoms with van der Waals surface area (Å²) < 4.78 is 10.8. The fourth-order valence-electron chi connectivity index (χ4n) is 2.58. The Morgan fingerprint density at radius 3 is 3.26 bits per heavy atom. The Hall–Kier alpha value is -1.63. The van der Waals surface area contributed by atoms with E-state index in [-0.39, 0.29) is 18.6 Å². The van der Waals surface area contributed by atoms with Crippen LogP contribution in [0.4, 0.5) is 0 Å². The molecule has 0 bridgehead atoms. The van der Waals surface area contributed by atoms with Crippen LogP contribution < -0.4 is 5.32 Å². The van der Waals surface area contributed by atoms with E-state index in [1.165, 1.54) is 0 Å². The maximum absolute atomic E-state index is 11.7. The van der Waals surface area contributed by atoms with Crippen LogP contribution in [0, 0.1) is 0 Å². The lowest BCUT2D eigenvalue weighted by Crippen LogP contribution is -2.30. The first-order valence-electron chi connectivity index (χ1n) is 7.81. The van der Waals surface area contributed by atoms with E-state index in [0.717, 1.165) is 36.3 Å². The zero-order valence-corrected chi connectivity index (χ0v) is 13.6. The Morgan fingerprint density at radius 2 is 2.43 bits per heavy atom. The molecule has 1 atom stereocenters. The summed E-state index contributed by atoms with van der Waals surface area (Å²) in [6.45, 7) is 1.85. The van der Waals surface area contributed by atoms with Gasteiger partial charge >= 0.3 is 0 Å². The Labute approximate surface area is 139 Å². The first-order chi connectivity index (χ1) is 11.2. The minimum absolute atomic E-state index is 0.0651. The highest BCUT2D eigenvalue weighted by Crippen LogP contribution is 2.17. The van der Waals surface area contributed by atoms with Gasteiger partial charge in [-0.3, -0.25) is 4.79 Å². The number of amides is 1. The molecule has 0 radical (unpaired) electrons. The lowest BCUT2D eigenvalue weighted by atomic mass is 10.2. The Bertz CT molecular complexity index is 668. The second kappa shape index (κ2) is 7.77. The van der Waals surface area contributed by atoms with E-state index < -0.39 is 0 Å². The van der Waals surface area contributed by atoms with E-state index in [0.29, 0.717) is 24.6 Å². The number of nitrogens with zero attached hydrogens (tertiary/aromatic N) is 1. The summed E-state index contributed by atoms with van der Waals surface area (Å²) in [4.78, 5) is 19.3. The highest BCUT2D eigenvalue weighted by molar-refractivity contribution is 6.31. The molecule has 1 fully saturated rings. The van der Waals surface area contributed by atoms with Crippen molar-refractivity contribution in [2.75, 3.05) is 26.4 Å². The highest BCUT2D eigenvalue weighted by atomic mass is 35.5. The smallest absolute Gasteiger partial charge is 0.246 e. The lowest BCUT2D eigenvalue weighted by molar-refractivity contribution is -0.126. The van der Waals surface area contributed by atoms with E-state index in [2.05, 4.69) is 15.3 Å². The number of carbonyl (C=O) groups excluding carboxylic acids is 1. The van der Waals surface area contributed by atoms with Crippen molar-refractivity contribution in [3.05, 3.63) is 29.0 Å². The largest absolute Gasteiger partial charge is 0.376 e. The molecule has 124 valence electrons. The second-order valence-corrected chi connectivity index (χ2v) is 6.03. The number of rotatable bonds is 7. The molecule has 0 aliphatic carbocycles. The topological polar surface area (TPSA) is 76.2 Å². The van der Waals surface area contributed by atoms with Crippen molar-refractivity contribution in [2.45, 2.75) is 25.4 Å². The summed E-state index contributed by atoms with van der Waals surface area (Å²) in [7, 11) is 0. The average molecular weight is 338 g/mol. The van der Waals surface area contributed by atoms with Crippen molar-refractivity contribution in [1.29, 1.82) is 0 Å². The molecule has 1 aliphatic heterocycles. The SMILES string of the molecule is O=C(COC[C@@H]1CCCO1)NCCc1nc2ccc(Cl)cc2[nH]1. The molecule has 2 N–H and O–H groups in total. The van der Waals surface area contributed by atoms with Crippen LogP contribution in [0.25, 0.3) is 11.0 Å². The molecule has 1 aromatic heterocycles. The van der Waals surface area contributed by atoms with Gasteiger partial charge in [-0.1, -0.05) is 11.6 Å². The van der Waals surface area contributed by atoms with E-state index in [1.54, 1.807) is 0 Å². The fraction of sp³-hybridized carbons (Fsp3) is 0.500. The summed E-state index contributed by atoms with van der Waals surface area (Å²) in [5, 5.41) is 3.49. The number of fused-ring (bicyclic) bond motifs is 1. The number of imidazole rings is 1. The first-order valence-corrected chi connectivity index (χ1v) is 8.19. The van der Waals surface area contributed by atoms with Gasteiger partial charge in [0.25, 0.3) is 0 Å². The molecule has 23 heavy (non-hydrogen) atoms. The molecule has 0 saturated carbocycles. The van der Waals surface area contributed by atoms with Crippen LogP contribution in [-0.2, 0) is 20.7 Å². The summed E-state index contributed by atoms with van der Waals surface area (Å²) in [5.41, 5.74) is 1.77. The summed E-state index contributed by atoms with van der Waals surface area (Å²) in [6, 6.07) is 5.52. The fourth-order valence-corrected chi connectivity index (χ4v) is 2.76. The number of carbonyl (C=O) groups is 1. The van der Waals surface area contributed by atoms with Crippen molar-refractivity contribution < 1.29 is 14.3 Å². The first kappa shape index (κ1) is 16.2. The number of hydrogen-bond acceptors (Lipinski definition) is 4. The maximum atomic E-state index is 11.7. The Kier molecular flexibility index (Phi) is 5.48. The molecule has 3 rings (SSSR count). The van der Waals surface area contributed by atoms with Crippen LogP contribution >= 0.6 is 11.6 Å². The number of aromatic amines is 1. The van der Waals surface area contributed by atoms with Gasteiger partial charge in [0.2, 0.25) is 5.91 Å². The van der Waals surface area contributed by atoms with Crippen LogP contribution in [0.5, 0.6) is 0 Å². The third kappa shape index (κ3) is 4.67. The number of nitrogens with one attached hydrogen (secondary N) is 2. The molecule has 1 aromatic carbocycles. The number of hydrogen-bond donors (Lipinski definition) is 2. The maximum Gasteiger partial charge on any atom is 0.246 e. The highest BCUT2D eigenvalue weighted by Gasteiger charge is 2.15. The summed E-state index contributed by atoms with van der Waals surface area (Å²) >= 11 is 5.94. The Morgan fingerprint density at radius 1 is 1.52 bits per heavy atom. The van der Waals surface area contributed by atoms with Gasteiger partial charge in [0.1, 0.15) is 12.4 Å². The van der Waals surface area contributed by atoms with E-state index >= 15 is 0 Å². The van der Waals surface area contributed by atoms with E-state index in [1.807, 2.05) is 18.2 Å². The predicted octanol–water partition coefficient (Wildman–Crippen LogP) is 2.07. The normalized spacial score (nSPS) is 17.7. The number of aromatic nitrogens is 2. The summed E-state index contributed by atoms with van der Waals surface area (Å²) in [6.07, 6.45) is 2.86. The van der Waals surface area contributed by atoms with Gasteiger partial charge < -0.3 is 19.8 Å². The van der Waals surface area contributed by atoms with E-state index in [4.69, 9.17) is 21.1 Å². The molecular weight excluding hydrogens is 318 g/mol. The average Bonchev–Trinajstić information content (AvgIpc) is 3.16. The van der Waals surface area contributed by atoms with Gasteiger partial charge in [0.15, 0.2) is 0 Å². The standard InChI is InChI=1S/C16H20ClN3O3/c17-11-3-4-13-14(8-11)20-15(19-13)5-6-18-16(21)10-22-9-12-2-1-7-23-12/h3-4,8,12H,1-2,5-7,9-10H2,(H,18,21)(H,19,20)/t12-/m0/s1. The molecule has 6 nitrogen and oxygen atoms in total. The Balaban J connectivity index is 1.37. The van der Waals surface area contributed by atoms with Crippen LogP contribution in [-0.4, -0.2) is 48.3 Å². The number of halogens is 1. The number of ether oxygens (including phenoxy) is 2. The second-order valence-electron chi connectivity index (χ2n) is 5.60. The number of H-pyrrole nitrogens is 1. The molecule has 2 heterocycles. The van der Waals surface area contributed by atoms with Crippen LogP contribution in [0.15, 0.2) is 18.2 Å².